The lowest BCUT2D eigenvalue weighted by Crippen LogP contribution is -2.32. The molecule has 1 aromatic carbocycles. The van der Waals surface area contributed by atoms with Gasteiger partial charge in [-0.15, -0.1) is 0 Å². The van der Waals surface area contributed by atoms with Gasteiger partial charge in [0.2, 0.25) is 0 Å². The summed E-state index contributed by atoms with van der Waals surface area (Å²) in [7, 11) is 1.51. The lowest BCUT2D eigenvalue weighted by Gasteiger charge is -2.31. The van der Waals surface area contributed by atoms with Gasteiger partial charge >= 0.3 is 0 Å². The quantitative estimate of drug-likeness (QED) is 0.868. The maximum absolute atomic E-state index is 13.6. The predicted molar refractivity (Wildman–Crippen MR) is 77.5 cm³/mol. The van der Waals surface area contributed by atoms with E-state index >= 15 is 0 Å². The topological polar surface area (TPSA) is 30.5 Å². The van der Waals surface area contributed by atoms with Crippen LogP contribution in [-0.4, -0.2) is 26.9 Å². The molecule has 2 rings (SSSR count). The Morgan fingerprint density at radius 2 is 2.15 bits per heavy atom. The number of benzene rings is 1. The van der Waals surface area contributed by atoms with Crippen molar-refractivity contribution in [3.8, 4) is 5.75 Å². The van der Waals surface area contributed by atoms with Gasteiger partial charge in [0.15, 0.2) is 11.6 Å². The van der Waals surface area contributed by atoms with E-state index in [0.717, 1.165) is 44.6 Å². The lowest BCUT2D eigenvalue weighted by molar-refractivity contribution is 0.0536. The standard InChI is InChI=1S/C16H24FNO2/c1-3-8-18-16(12-6-9-20-10-7-12)13-4-5-14(17)15(11-13)19-2/h4-5,11-12,16,18H,3,6-10H2,1-2H3. The van der Waals surface area contributed by atoms with E-state index in [-0.39, 0.29) is 11.9 Å². The van der Waals surface area contributed by atoms with Gasteiger partial charge in [0.1, 0.15) is 0 Å². The Hall–Kier alpha value is -1.13. The van der Waals surface area contributed by atoms with Crippen LogP contribution in [0.5, 0.6) is 5.75 Å². The molecule has 0 aliphatic carbocycles. The van der Waals surface area contributed by atoms with Crippen LogP contribution in [0.3, 0.4) is 0 Å². The summed E-state index contributed by atoms with van der Waals surface area (Å²) >= 11 is 0. The molecule has 1 saturated heterocycles. The second kappa shape index (κ2) is 7.60. The summed E-state index contributed by atoms with van der Waals surface area (Å²) in [5.74, 6) is 0.542. The largest absolute Gasteiger partial charge is 0.494 e. The van der Waals surface area contributed by atoms with Crippen molar-refractivity contribution in [1.29, 1.82) is 0 Å². The number of ether oxygens (including phenoxy) is 2. The molecular weight excluding hydrogens is 257 g/mol. The zero-order valence-corrected chi connectivity index (χ0v) is 12.3. The minimum Gasteiger partial charge on any atom is -0.494 e. The Labute approximate surface area is 120 Å². The summed E-state index contributed by atoms with van der Waals surface area (Å²) in [5.41, 5.74) is 1.10. The second-order valence-corrected chi connectivity index (χ2v) is 5.28. The van der Waals surface area contributed by atoms with Gasteiger partial charge in [-0.3, -0.25) is 0 Å². The number of rotatable bonds is 6. The normalized spacial score (nSPS) is 17.9. The molecule has 1 aliphatic rings. The van der Waals surface area contributed by atoms with E-state index in [1.54, 1.807) is 0 Å². The van der Waals surface area contributed by atoms with Crippen LogP contribution in [0, 0.1) is 11.7 Å². The summed E-state index contributed by atoms with van der Waals surface area (Å²) in [4.78, 5) is 0. The third kappa shape index (κ3) is 3.70. The Kier molecular flexibility index (Phi) is 5.80. The molecule has 1 heterocycles. The summed E-state index contributed by atoms with van der Waals surface area (Å²) in [6.45, 7) is 4.74. The van der Waals surface area contributed by atoms with Crippen molar-refractivity contribution in [2.75, 3.05) is 26.9 Å². The van der Waals surface area contributed by atoms with E-state index in [1.807, 2.05) is 12.1 Å². The van der Waals surface area contributed by atoms with Crippen LogP contribution in [-0.2, 0) is 4.74 Å². The van der Waals surface area contributed by atoms with Gasteiger partial charge in [0.25, 0.3) is 0 Å². The molecular formula is C16H24FNO2. The maximum atomic E-state index is 13.6. The van der Waals surface area contributed by atoms with Gasteiger partial charge in [-0.2, -0.15) is 0 Å². The van der Waals surface area contributed by atoms with Crippen molar-refractivity contribution in [1.82, 2.24) is 5.32 Å². The van der Waals surface area contributed by atoms with Crippen molar-refractivity contribution < 1.29 is 13.9 Å². The number of halogens is 1. The summed E-state index contributed by atoms with van der Waals surface area (Å²) < 4.78 is 24.1. The fourth-order valence-corrected chi connectivity index (χ4v) is 2.78. The van der Waals surface area contributed by atoms with Crippen LogP contribution in [0.2, 0.25) is 0 Å². The Morgan fingerprint density at radius 3 is 2.80 bits per heavy atom. The molecule has 0 amide bonds. The molecule has 1 N–H and O–H groups in total. The Morgan fingerprint density at radius 1 is 1.40 bits per heavy atom. The minimum absolute atomic E-state index is 0.244. The first-order valence-electron chi connectivity index (χ1n) is 7.40. The van der Waals surface area contributed by atoms with E-state index < -0.39 is 0 Å². The molecule has 4 heteroatoms. The molecule has 1 unspecified atom stereocenters. The zero-order valence-electron chi connectivity index (χ0n) is 12.3. The van der Waals surface area contributed by atoms with E-state index in [1.165, 1.54) is 13.2 Å². The molecule has 0 aromatic heterocycles. The molecule has 1 aromatic rings. The fourth-order valence-electron chi connectivity index (χ4n) is 2.78. The highest BCUT2D eigenvalue weighted by Crippen LogP contribution is 2.32. The predicted octanol–water partition coefficient (Wildman–Crippen LogP) is 3.30. The summed E-state index contributed by atoms with van der Waals surface area (Å²) in [6.07, 6.45) is 3.17. The molecule has 3 nitrogen and oxygen atoms in total. The molecule has 20 heavy (non-hydrogen) atoms. The van der Waals surface area contributed by atoms with Crippen LogP contribution < -0.4 is 10.1 Å². The zero-order chi connectivity index (χ0) is 14.4. The van der Waals surface area contributed by atoms with E-state index in [0.29, 0.717) is 11.7 Å². The number of hydrogen-bond acceptors (Lipinski definition) is 3. The number of hydrogen-bond donors (Lipinski definition) is 1. The fraction of sp³-hybridized carbons (Fsp3) is 0.625. The first kappa shape index (κ1) is 15.3. The van der Waals surface area contributed by atoms with Gasteiger partial charge in [0, 0.05) is 19.3 Å². The second-order valence-electron chi connectivity index (χ2n) is 5.28. The number of nitrogens with one attached hydrogen (secondary N) is 1. The first-order chi connectivity index (χ1) is 9.76. The minimum atomic E-state index is -0.308. The van der Waals surface area contributed by atoms with Crippen LogP contribution >= 0.6 is 0 Å². The number of methoxy groups -OCH3 is 1. The maximum Gasteiger partial charge on any atom is 0.165 e. The molecule has 0 spiro atoms. The summed E-state index contributed by atoms with van der Waals surface area (Å²) in [5, 5.41) is 3.59. The molecule has 0 radical (unpaired) electrons. The molecule has 112 valence electrons. The van der Waals surface area contributed by atoms with Crippen LogP contribution in [0.15, 0.2) is 18.2 Å². The smallest absolute Gasteiger partial charge is 0.165 e. The first-order valence-corrected chi connectivity index (χ1v) is 7.40. The Bertz CT molecular complexity index is 419. The highest BCUT2D eigenvalue weighted by molar-refractivity contribution is 5.32. The average Bonchev–Trinajstić information content (AvgIpc) is 2.50. The van der Waals surface area contributed by atoms with Crippen LogP contribution in [0.4, 0.5) is 4.39 Å². The third-order valence-electron chi connectivity index (χ3n) is 3.89. The molecule has 0 saturated carbocycles. The van der Waals surface area contributed by atoms with Crippen molar-refractivity contribution in [2.24, 2.45) is 5.92 Å². The van der Waals surface area contributed by atoms with Crippen LogP contribution in [0.25, 0.3) is 0 Å². The Balaban J connectivity index is 2.20. The lowest BCUT2D eigenvalue weighted by atomic mass is 9.87. The monoisotopic (exact) mass is 281 g/mol. The molecule has 0 bridgehead atoms. The average molecular weight is 281 g/mol. The van der Waals surface area contributed by atoms with Gasteiger partial charge in [-0.1, -0.05) is 13.0 Å². The molecule has 1 atom stereocenters. The molecule has 1 aliphatic heterocycles. The van der Waals surface area contributed by atoms with Gasteiger partial charge < -0.3 is 14.8 Å². The van der Waals surface area contributed by atoms with E-state index in [2.05, 4.69) is 12.2 Å². The SMILES string of the molecule is CCCNC(c1ccc(F)c(OC)c1)C1CCOCC1. The van der Waals surface area contributed by atoms with Gasteiger partial charge in [0.05, 0.1) is 7.11 Å². The highest BCUT2D eigenvalue weighted by atomic mass is 19.1. The van der Waals surface area contributed by atoms with Gasteiger partial charge in [-0.05, 0) is 49.4 Å². The van der Waals surface area contributed by atoms with E-state index in [9.17, 15) is 4.39 Å². The summed E-state index contributed by atoms with van der Waals surface area (Å²) in [6, 6.07) is 5.42. The van der Waals surface area contributed by atoms with Crippen molar-refractivity contribution >= 4 is 0 Å². The van der Waals surface area contributed by atoms with Crippen molar-refractivity contribution in [3.05, 3.63) is 29.6 Å². The van der Waals surface area contributed by atoms with Gasteiger partial charge in [-0.25, -0.2) is 4.39 Å². The molecule has 1 fully saturated rings. The van der Waals surface area contributed by atoms with Crippen molar-refractivity contribution in [3.63, 3.8) is 0 Å². The van der Waals surface area contributed by atoms with Crippen LogP contribution in [0.1, 0.15) is 37.8 Å². The third-order valence-corrected chi connectivity index (χ3v) is 3.89. The van der Waals surface area contributed by atoms with E-state index in [4.69, 9.17) is 9.47 Å². The van der Waals surface area contributed by atoms with Crippen molar-refractivity contribution in [2.45, 2.75) is 32.2 Å². The highest BCUT2D eigenvalue weighted by Gasteiger charge is 2.25.